The summed E-state index contributed by atoms with van der Waals surface area (Å²) in [6, 6.07) is -3.97. The van der Waals surface area contributed by atoms with E-state index in [4.69, 9.17) is 39.5 Å². The van der Waals surface area contributed by atoms with Crippen molar-refractivity contribution in [3.05, 3.63) is 31.3 Å². The summed E-state index contributed by atoms with van der Waals surface area (Å²) in [6.45, 7) is 5.64. The molecule has 0 spiro atoms. The predicted molar refractivity (Wildman–Crippen MR) is 131 cm³/mol. The fourth-order valence-electron chi connectivity index (χ4n) is 4.68. The van der Waals surface area contributed by atoms with Crippen LogP contribution in [0.1, 0.15) is 41.0 Å². The quantitative estimate of drug-likeness (QED) is 0.127. The van der Waals surface area contributed by atoms with Gasteiger partial charge in [-0.3, -0.25) is 19.2 Å². The van der Waals surface area contributed by atoms with Gasteiger partial charge in [-0.1, -0.05) is 15.3 Å². The molecule has 0 amide bonds. The molecule has 2 rings (SSSR count). The number of azide groups is 3. The summed E-state index contributed by atoms with van der Waals surface area (Å²) in [5, 5.41) is 21.9. The molecule has 0 aromatic rings. The minimum absolute atomic E-state index is 0.247. The van der Waals surface area contributed by atoms with Gasteiger partial charge in [0.15, 0.2) is 18.5 Å². The third kappa shape index (κ3) is 8.59. The lowest BCUT2D eigenvalue weighted by Gasteiger charge is -2.48. The summed E-state index contributed by atoms with van der Waals surface area (Å²) < 4.78 is 32.9. The normalized spacial score (nSPS) is 33.3. The fourth-order valence-corrected chi connectivity index (χ4v) is 4.68. The average molecular weight is 584 g/mol. The van der Waals surface area contributed by atoms with Crippen LogP contribution in [-0.4, -0.2) is 96.1 Å². The highest BCUT2D eigenvalue weighted by Gasteiger charge is 2.55. The SMILES string of the molecule is CC(=O)O[C@H]1[C@H](OC(C)=O)[C@@H](N=[N+]=[N-])[C@@H](O[C@H]2[C@H](O)[C@@H](OC(C)=O)[C@H](N=[N+]=[N-])C[C@@H]2N=[N+]=[N-])O[C@@H]1[C@@H](C)OC(C)=O. The highest BCUT2D eigenvalue weighted by Crippen LogP contribution is 2.36. The van der Waals surface area contributed by atoms with E-state index in [2.05, 4.69) is 30.1 Å². The van der Waals surface area contributed by atoms with Crippen LogP contribution in [-0.2, 0) is 47.6 Å². The second-order valence-corrected chi connectivity index (χ2v) is 9.07. The monoisotopic (exact) mass is 583 g/mol. The Morgan fingerprint density at radius 3 is 1.76 bits per heavy atom. The number of carbonyl (C=O) groups is 4. The summed E-state index contributed by atoms with van der Waals surface area (Å²) >= 11 is 0. The van der Waals surface area contributed by atoms with Gasteiger partial charge in [-0.15, -0.1) is 0 Å². The van der Waals surface area contributed by atoms with E-state index in [-0.39, 0.29) is 6.42 Å². The van der Waals surface area contributed by atoms with Crippen LogP contribution in [0, 0.1) is 0 Å². The van der Waals surface area contributed by atoms with Crippen molar-refractivity contribution in [3.8, 4) is 0 Å². The zero-order chi connectivity index (χ0) is 30.9. The second-order valence-electron chi connectivity index (χ2n) is 9.07. The Kier molecular flexibility index (Phi) is 12.0. The van der Waals surface area contributed by atoms with Crippen molar-refractivity contribution in [3.63, 3.8) is 0 Å². The first kappa shape index (κ1) is 32.9. The van der Waals surface area contributed by atoms with Gasteiger partial charge in [0, 0.05) is 42.4 Å². The second kappa shape index (κ2) is 14.9. The van der Waals surface area contributed by atoms with Gasteiger partial charge in [0.25, 0.3) is 0 Å². The lowest BCUT2D eigenvalue weighted by molar-refractivity contribution is -0.305. The number of aliphatic hydroxyl groups excluding tert-OH is 1. The van der Waals surface area contributed by atoms with E-state index in [9.17, 15) is 29.8 Å². The predicted octanol–water partition coefficient (Wildman–Crippen LogP) is 1.64. The van der Waals surface area contributed by atoms with Crippen molar-refractivity contribution < 1.29 is 52.7 Å². The molecule has 0 radical (unpaired) electrons. The molecular formula is C21H29N9O11. The number of rotatable bonds is 10. The van der Waals surface area contributed by atoms with Crippen LogP contribution >= 0.6 is 0 Å². The van der Waals surface area contributed by atoms with Crippen molar-refractivity contribution in [2.45, 2.75) is 108 Å². The Labute approximate surface area is 232 Å². The fraction of sp³-hybridized carbons (Fsp3) is 0.810. The molecular weight excluding hydrogens is 554 g/mol. The first-order chi connectivity index (χ1) is 19.3. The maximum absolute atomic E-state index is 12.0. The van der Waals surface area contributed by atoms with Crippen LogP contribution < -0.4 is 0 Å². The van der Waals surface area contributed by atoms with E-state index in [1.807, 2.05) is 0 Å². The van der Waals surface area contributed by atoms with Crippen molar-refractivity contribution in [1.29, 1.82) is 0 Å². The molecule has 2 fully saturated rings. The Morgan fingerprint density at radius 1 is 0.780 bits per heavy atom. The minimum atomic E-state index is -1.78. The summed E-state index contributed by atoms with van der Waals surface area (Å²) in [5.74, 6) is -3.28. The summed E-state index contributed by atoms with van der Waals surface area (Å²) in [6.07, 6.45) is -12.3. The average Bonchev–Trinajstić information content (AvgIpc) is 2.86. The maximum Gasteiger partial charge on any atom is 0.303 e. The molecule has 0 aromatic carbocycles. The number of ether oxygens (including phenoxy) is 6. The molecule has 1 saturated heterocycles. The highest BCUT2D eigenvalue weighted by molar-refractivity contribution is 5.68. The topological polar surface area (TPSA) is 290 Å². The van der Waals surface area contributed by atoms with E-state index in [0.29, 0.717) is 0 Å². The Hall–Kier alpha value is -4.31. The first-order valence-corrected chi connectivity index (χ1v) is 12.1. The van der Waals surface area contributed by atoms with E-state index >= 15 is 0 Å². The third-order valence-electron chi connectivity index (χ3n) is 6.07. The number of hydrogen-bond acceptors (Lipinski definition) is 14. The van der Waals surface area contributed by atoms with Gasteiger partial charge in [0.2, 0.25) is 0 Å². The van der Waals surface area contributed by atoms with Crippen molar-refractivity contribution in [2.75, 3.05) is 0 Å². The standard InChI is InChI=1S/C21H29N9O11/c1-7(36-8(2)31)16-20(39-11(5)34)19(38-10(4)33)14(27-30-24)21(40-16)41-18-13(26-29-23)6-12(25-28-22)17(15(18)35)37-9(3)32/h7,12-21,35H,6H2,1-5H3/t7-,12-,13+,14-,15-,16-,17+,18-,19-,20-,21-/m1/s1. The van der Waals surface area contributed by atoms with Gasteiger partial charge in [0.05, 0.1) is 18.2 Å². The lowest BCUT2D eigenvalue weighted by atomic mass is 9.84. The first-order valence-electron chi connectivity index (χ1n) is 12.1. The molecule has 20 heteroatoms. The van der Waals surface area contributed by atoms with Crippen LogP contribution in [0.25, 0.3) is 31.3 Å². The summed E-state index contributed by atoms with van der Waals surface area (Å²) in [4.78, 5) is 55.5. The van der Waals surface area contributed by atoms with Crippen LogP contribution in [0.15, 0.2) is 15.3 Å². The Balaban J connectivity index is 2.62. The molecule has 1 aliphatic heterocycles. The number of hydrogen-bond donors (Lipinski definition) is 1. The number of carbonyl (C=O) groups excluding carboxylic acids is 4. The van der Waals surface area contributed by atoms with Crippen LogP contribution in [0.5, 0.6) is 0 Å². The molecule has 2 aliphatic rings. The molecule has 0 aromatic heterocycles. The zero-order valence-electron chi connectivity index (χ0n) is 22.6. The van der Waals surface area contributed by atoms with Gasteiger partial charge in [-0.2, -0.15) is 0 Å². The van der Waals surface area contributed by atoms with Gasteiger partial charge in [-0.25, -0.2) is 0 Å². The Morgan fingerprint density at radius 2 is 1.27 bits per heavy atom. The molecule has 224 valence electrons. The van der Waals surface area contributed by atoms with Gasteiger partial charge in [0.1, 0.15) is 30.5 Å². The number of nitrogens with zero attached hydrogens (tertiary/aromatic N) is 9. The van der Waals surface area contributed by atoms with Crippen LogP contribution in [0.2, 0.25) is 0 Å². The smallest absolute Gasteiger partial charge is 0.303 e. The summed E-state index contributed by atoms with van der Waals surface area (Å²) in [5.41, 5.74) is 27.4. The molecule has 1 N–H and O–H groups in total. The van der Waals surface area contributed by atoms with Crippen molar-refractivity contribution >= 4 is 23.9 Å². The van der Waals surface area contributed by atoms with E-state index in [1.54, 1.807) is 0 Å². The minimum Gasteiger partial charge on any atom is -0.460 e. The van der Waals surface area contributed by atoms with E-state index < -0.39 is 91.0 Å². The summed E-state index contributed by atoms with van der Waals surface area (Å²) in [7, 11) is 0. The van der Waals surface area contributed by atoms with Crippen molar-refractivity contribution in [2.24, 2.45) is 15.3 Å². The molecule has 1 saturated carbocycles. The molecule has 11 atom stereocenters. The molecule has 0 unspecified atom stereocenters. The molecule has 1 aliphatic carbocycles. The molecule has 41 heavy (non-hydrogen) atoms. The van der Waals surface area contributed by atoms with E-state index in [1.165, 1.54) is 6.92 Å². The van der Waals surface area contributed by atoms with Gasteiger partial charge < -0.3 is 33.5 Å². The largest absolute Gasteiger partial charge is 0.460 e. The van der Waals surface area contributed by atoms with Crippen LogP contribution in [0.3, 0.4) is 0 Å². The van der Waals surface area contributed by atoms with Crippen LogP contribution in [0.4, 0.5) is 0 Å². The van der Waals surface area contributed by atoms with Gasteiger partial charge >= 0.3 is 23.9 Å². The van der Waals surface area contributed by atoms with E-state index in [0.717, 1.165) is 27.7 Å². The molecule has 0 bridgehead atoms. The maximum atomic E-state index is 12.0. The third-order valence-corrected chi connectivity index (χ3v) is 6.07. The number of aliphatic hydroxyl groups is 1. The number of esters is 4. The van der Waals surface area contributed by atoms with Crippen molar-refractivity contribution in [1.82, 2.24) is 0 Å². The Bertz CT molecular complexity index is 1150. The molecule has 20 nitrogen and oxygen atoms in total. The van der Waals surface area contributed by atoms with Gasteiger partial charge in [-0.05, 0) is 29.9 Å². The molecule has 1 heterocycles. The lowest BCUT2D eigenvalue weighted by Crippen LogP contribution is -2.65. The highest BCUT2D eigenvalue weighted by atomic mass is 16.7. The zero-order valence-corrected chi connectivity index (χ0v) is 22.6.